The molecule has 5 nitrogen and oxygen atoms in total. The van der Waals surface area contributed by atoms with E-state index in [4.69, 9.17) is 17.3 Å². The fourth-order valence-electron chi connectivity index (χ4n) is 1.72. The Labute approximate surface area is 98.7 Å². The number of nitrogen functional groups attached to an aromatic ring is 1. The SMILES string of the molecule is CCCCc1nc2nc(Cl)nc(N)c2n1C. The molecule has 2 aromatic heterocycles. The lowest BCUT2D eigenvalue weighted by atomic mass is 10.2. The van der Waals surface area contributed by atoms with Crippen LogP contribution in [0.25, 0.3) is 11.2 Å². The van der Waals surface area contributed by atoms with Crippen molar-refractivity contribution in [1.29, 1.82) is 0 Å². The number of halogens is 1. The molecule has 0 aliphatic heterocycles. The summed E-state index contributed by atoms with van der Waals surface area (Å²) in [4.78, 5) is 12.4. The van der Waals surface area contributed by atoms with Crippen LogP contribution in [0.4, 0.5) is 5.82 Å². The second kappa shape index (κ2) is 4.25. The van der Waals surface area contributed by atoms with Gasteiger partial charge in [0.05, 0.1) is 0 Å². The third-order valence-electron chi connectivity index (χ3n) is 2.58. The number of nitrogens with two attached hydrogens (primary N) is 1. The average Bonchev–Trinajstić information content (AvgIpc) is 2.52. The van der Waals surface area contributed by atoms with Crippen molar-refractivity contribution in [2.75, 3.05) is 5.73 Å². The van der Waals surface area contributed by atoms with Crippen molar-refractivity contribution >= 4 is 28.6 Å². The summed E-state index contributed by atoms with van der Waals surface area (Å²) in [6, 6.07) is 0. The standard InChI is InChI=1S/C10H14ClN5/c1-3-4-5-6-13-9-7(16(6)2)8(12)14-10(11)15-9/h3-5H2,1-2H3,(H2,12,14,15). The third kappa shape index (κ3) is 1.82. The molecule has 2 heterocycles. The molecule has 86 valence electrons. The van der Waals surface area contributed by atoms with E-state index in [1.165, 1.54) is 0 Å². The van der Waals surface area contributed by atoms with Gasteiger partial charge in [-0.15, -0.1) is 0 Å². The van der Waals surface area contributed by atoms with Crippen LogP contribution in [-0.4, -0.2) is 19.5 Å². The van der Waals surface area contributed by atoms with E-state index in [9.17, 15) is 0 Å². The first kappa shape index (κ1) is 11.1. The molecule has 0 radical (unpaired) electrons. The van der Waals surface area contributed by atoms with E-state index in [1.807, 2.05) is 11.6 Å². The number of rotatable bonds is 3. The van der Waals surface area contributed by atoms with Gasteiger partial charge in [-0.2, -0.15) is 9.97 Å². The van der Waals surface area contributed by atoms with Crippen molar-refractivity contribution in [3.05, 3.63) is 11.1 Å². The molecule has 0 saturated carbocycles. The summed E-state index contributed by atoms with van der Waals surface area (Å²) >= 11 is 5.74. The van der Waals surface area contributed by atoms with Crippen LogP contribution in [0.5, 0.6) is 0 Å². The van der Waals surface area contributed by atoms with Gasteiger partial charge >= 0.3 is 0 Å². The van der Waals surface area contributed by atoms with Gasteiger partial charge in [0.2, 0.25) is 5.28 Å². The quantitative estimate of drug-likeness (QED) is 0.831. The first-order chi connectivity index (χ1) is 7.63. The molecular formula is C10H14ClN5. The number of anilines is 1. The second-order valence-corrected chi connectivity index (χ2v) is 4.08. The van der Waals surface area contributed by atoms with Gasteiger partial charge in [-0.05, 0) is 18.0 Å². The van der Waals surface area contributed by atoms with Gasteiger partial charge in [-0.25, -0.2) is 4.98 Å². The molecule has 2 N–H and O–H groups in total. The number of nitrogens with zero attached hydrogens (tertiary/aromatic N) is 4. The average molecular weight is 240 g/mol. The molecule has 0 aromatic carbocycles. The number of unbranched alkanes of at least 4 members (excludes halogenated alkanes) is 1. The van der Waals surface area contributed by atoms with Crippen LogP contribution in [0, 0.1) is 0 Å². The van der Waals surface area contributed by atoms with Crippen LogP contribution in [0.15, 0.2) is 0 Å². The summed E-state index contributed by atoms with van der Waals surface area (Å²) < 4.78 is 1.94. The van der Waals surface area contributed by atoms with E-state index >= 15 is 0 Å². The highest BCUT2D eigenvalue weighted by molar-refractivity contribution is 6.28. The van der Waals surface area contributed by atoms with E-state index < -0.39 is 0 Å². The first-order valence-corrected chi connectivity index (χ1v) is 5.65. The van der Waals surface area contributed by atoms with Crippen molar-refractivity contribution < 1.29 is 0 Å². The van der Waals surface area contributed by atoms with Gasteiger partial charge in [0.1, 0.15) is 11.3 Å². The topological polar surface area (TPSA) is 69.6 Å². The van der Waals surface area contributed by atoms with Crippen LogP contribution in [0.3, 0.4) is 0 Å². The molecule has 0 atom stereocenters. The summed E-state index contributed by atoms with van der Waals surface area (Å²) in [5.41, 5.74) is 7.14. The molecule has 16 heavy (non-hydrogen) atoms. The number of imidazole rings is 1. The minimum atomic E-state index is 0.144. The van der Waals surface area contributed by atoms with Crippen LogP contribution in [-0.2, 0) is 13.5 Å². The lowest BCUT2D eigenvalue weighted by molar-refractivity contribution is 0.720. The largest absolute Gasteiger partial charge is 0.382 e. The molecule has 0 spiro atoms. The maximum Gasteiger partial charge on any atom is 0.226 e. The van der Waals surface area contributed by atoms with Crippen LogP contribution in [0.2, 0.25) is 5.28 Å². The van der Waals surface area contributed by atoms with Crippen LogP contribution in [0.1, 0.15) is 25.6 Å². The Morgan fingerprint density at radius 1 is 1.31 bits per heavy atom. The van der Waals surface area contributed by atoms with Gasteiger partial charge in [-0.3, -0.25) is 0 Å². The zero-order chi connectivity index (χ0) is 11.7. The predicted octanol–water partition coefficient (Wildman–Crippen LogP) is 1.94. The molecular weight excluding hydrogens is 226 g/mol. The smallest absolute Gasteiger partial charge is 0.226 e. The molecule has 0 bridgehead atoms. The molecule has 2 aromatic rings. The molecule has 0 fully saturated rings. The number of aryl methyl sites for hydroxylation is 2. The Kier molecular flexibility index (Phi) is 2.96. The van der Waals surface area contributed by atoms with E-state index in [-0.39, 0.29) is 5.28 Å². The van der Waals surface area contributed by atoms with Crippen LogP contribution < -0.4 is 5.73 Å². The number of hydrogen-bond acceptors (Lipinski definition) is 4. The van der Waals surface area contributed by atoms with E-state index in [0.717, 1.165) is 30.6 Å². The van der Waals surface area contributed by atoms with Gasteiger partial charge in [0.15, 0.2) is 11.5 Å². The van der Waals surface area contributed by atoms with Gasteiger partial charge in [0, 0.05) is 13.5 Å². The second-order valence-electron chi connectivity index (χ2n) is 3.74. The predicted molar refractivity (Wildman–Crippen MR) is 64.3 cm³/mol. The zero-order valence-corrected chi connectivity index (χ0v) is 10.1. The Morgan fingerprint density at radius 3 is 2.75 bits per heavy atom. The van der Waals surface area contributed by atoms with Crippen molar-refractivity contribution in [2.45, 2.75) is 26.2 Å². The molecule has 0 saturated heterocycles. The van der Waals surface area contributed by atoms with Gasteiger partial charge < -0.3 is 10.3 Å². The Morgan fingerprint density at radius 2 is 2.06 bits per heavy atom. The minimum Gasteiger partial charge on any atom is -0.382 e. The zero-order valence-electron chi connectivity index (χ0n) is 9.37. The van der Waals surface area contributed by atoms with Crippen molar-refractivity contribution in [1.82, 2.24) is 19.5 Å². The number of hydrogen-bond donors (Lipinski definition) is 1. The highest BCUT2D eigenvalue weighted by atomic mass is 35.5. The summed E-state index contributed by atoms with van der Waals surface area (Å²) in [6.07, 6.45) is 3.14. The van der Waals surface area contributed by atoms with Crippen molar-refractivity contribution in [2.24, 2.45) is 7.05 Å². The maximum absolute atomic E-state index is 5.80. The lowest BCUT2D eigenvalue weighted by Crippen LogP contribution is -2.01. The Bertz CT molecular complexity index is 519. The fraction of sp³-hybridized carbons (Fsp3) is 0.500. The van der Waals surface area contributed by atoms with E-state index in [0.29, 0.717) is 11.5 Å². The van der Waals surface area contributed by atoms with Crippen molar-refractivity contribution in [3.63, 3.8) is 0 Å². The molecule has 2 rings (SSSR count). The maximum atomic E-state index is 5.80. The molecule has 0 aliphatic rings. The number of fused-ring (bicyclic) bond motifs is 1. The van der Waals surface area contributed by atoms with Gasteiger partial charge in [-0.1, -0.05) is 13.3 Å². The molecule has 0 aliphatic carbocycles. The molecule has 6 heteroatoms. The Balaban J connectivity index is 2.54. The minimum absolute atomic E-state index is 0.144. The Hall–Kier alpha value is -1.36. The summed E-state index contributed by atoms with van der Waals surface area (Å²) in [5, 5.41) is 0.144. The molecule has 0 amide bonds. The lowest BCUT2D eigenvalue weighted by Gasteiger charge is -2.01. The van der Waals surface area contributed by atoms with Crippen molar-refractivity contribution in [3.8, 4) is 0 Å². The highest BCUT2D eigenvalue weighted by Gasteiger charge is 2.13. The summed E-state index contributed by atoms with van der Waals surface area (Å²) in [7, 11) is 1.92. The molecule has 0 unspecified atom stereocenters. The third-order valence-corrected chi connectivity index (χ3v) is 2.75. The van der Waals surface area contributed by atoms with Gasteiger partial charge in [0.25, 0.3) is 0 Å². The fourth-order valence-corrected chi connectivity index (χ4v) is 1.89. The number of aromatic nitrogens is 4. The van der Waals surface area contributed by atoms with E-state index in [1.54, 1.807) is 0 Å². The monoisotopic (exact) mass is 239 g/mol. The normalized spacial score (nSPS) is 11.2. The summed E-state index contributed by atoms with van der Waals surface area (Å²) in [6.45, 7) is 2.15. The van der Waals surface area contributed by atoms with E-state index in [2.05, 4.69) is 21.9 Å². The first-order valence-electron chi connectivity index (χ1n) is 5.27. The summed E-state index contributed by atoms with van der Waals surface area (Å²) in [5.74, 6) is 1.35. The highest BCUT2D eigenvalue weighted by Crippen LogP contribution is 2.20. The van der Waals surface area contributed by atoms with Crippen LogP contribution >= 0.6 is 11.6 Å².